The summed E-state index contributed by atoms with van der Waals surface area (Å²) in [6.45, 7) is 2.82. The van der Waals surface area contributed by atoms with Gasteiger partial charge in [0.15, 0.2) is 0 Å². The molecule has 0 spiro atoms. The summed E-state index contributed by atoms with van der Waals surface area (Å²) in [6.07, 6.45) is 0. The molecular formula is C16H17N5O4S. The minimum atomic E-state index is -4.10. The van der Waals surface area contributed by atoms with E-state index in [0.29, 0.717) is 13.1 Å². The van der Waals surface area contributed by atoms with Crippen molar-refractivity contribution in [2.24, 2.45) is 5.14 Å². The van der Waals surface area contributed by atoms with E-state index >= 15 is 0 Å². The zero-order chi connectivity index (χ0) is 18.9. The zero-order valence-electron chi connectivity index (χ0n) is 13.9. The Bertz CT molecular complexity index is 1090. The second kappa shape index (κ2) is 6.73. The van der Waals surface area contributed by atoms with Crippen molar-refractivity contribution < 1.29 is 13.3 Å². The predicted octanol–water partition coefficient (Wildman–Crippen LogP) is 2.01. The lowest BCUT2D eigenvalue weighted by Gasteiger charge is -2.12. The average Bonchev–Trinajstić information content (AvgIpc) is 2.89. The van der Waals surface area contributed by atoms with Gasteiger partial charge < -0.3 is 9.88 Å². The van der Waals surface area contributed by atoms with Crippen LogP contribution in [-0.4, -0.2) is 29.4 Å². The number of fused-ring (bicyclic) bond motifs is 1. The van der Waals surface area contributed by atoms with Gasteiger partial charge in [-0.25, -0.2) is 18.5 Å². The van der Waals surface area contributed by atoms with Crippen LogP contribution in [0.3, 0.4) is 0 Å². The number of aryl methyl sites for hydroxylation is 1. The van der Waals surface area contributed by atoms with Crippen LogP contribution < -0.4 is 10.5 Å². The number of nitrogens with zero attached hydrogens (tertiary/aromatic N) is 3. The Morgan fingerprint density at radius 1 is 1.27 bits per heavy atom. The van der Waals surface area contributed by atoms with Crippen LogP contribution in [0.1, 0.15) is 5.82 Å². The van der Waals surface area contributed by atoms with E-state index < -0.39 is 14.9 Å². The Morgan fingerprint density at radius 2 is 2.00 bits per heavy atom. The lowest BCUT2D eigenvalue weighted by Crippen LogP contribution is -2.17. The van der Waals surface area contributed by atoms with E-state index in [4.69, 9.17) is 5.14 Å². The number of nitro benzene ring substituents is 1. The van der Waals surface area contributed by atoms with E-state index in [1.807, 2.05) is 35.8 Å². The van der Waals surface area contributed by atoms with Crippen molar-refractivity contribution in [2.45, 2.75) is 18.4 Å². The molecular weight excluding hydrogens is 358 g/mol. The SMILES string of the molecule is Cc1nc2ccccc2n1CCNc1ccc([N+](=O)[O-])cc1S(N)(=O)=O. The summed E-state index contributed by atoms with van der Waals surface area (Å²) in [4.78, 5) is 14.4. The Labute approximate surface area is 149 Å². The number of non-ortho nitro benzene ring substituents is 1. The molecule has 0 bridgehead atoms. The van der Waals surface area contributed by atoms with Crippen molar-refractivity contribution in [3.63, 3.8) is 0 Å². The van der Waals surface area contributed by atoms with Gasteiger partial charge in [-0.2, -0.15) is 0 Å². The fourth-order valence-corrected chi connectivity index (χ4v) is 3.52. The van der Waals surface area contributed by atoms with Crippen LogP contribution in [-0.2, 0) is 16.6 Å². The number of hydrogen-bond acceptors (Lipinski definition) is 6. The first-order chi connectivity index (χ1) is 12.3. The molecule has 1 heterocycles. The van der Waals surface area contributed by atoms with Gasteiger partial charge in [-0.3, -0.25) is 10.1 Å². The molecule has 0 saturated heterocycles. The van der Waals surface area contributed by atoms with Crippen LogP contribution in [0, 0.1) is 17.0 Å². The Morgan fingerprint density at radius 3 is 2.69 bits per heavy atom. The van der Waals surface area contributed by atoms with E-state index in [9.17, 15) is 18.5 Å². The number of nitrogens with two attached hydrogens (primary N) is 1. The number of nitro groups is 1. The van der Waals surface area contributed by atoms with Crippen LogP contribution in [0.25, 0.3) is 11.0 Å². The van der Waals surface area contributed by atoms with Crippen molar-refractivity contribution in [2.75, 3.05) is 11.9 Å². The largest absolute Gasteiger partial charge is 0.382 e. The summed E-state index contributed by atoms with van der Waals surface area (Å²) in [5, 5.41) is 19.0. The smallest absolute Gasteiger partial charge is 0.270 e. The summed E-state index contributed by atoms with van der Waals surface area (Å²) >= 11 is 0. The second-order valence-corrected chi connectivity index (χ2v) is 7.24. The molecule has 0 aliphatic rings. The lowest BCUT2D eigenvalue weighted by atomic mass is 10.3. The molecule has 136 valence electrons. The quantitative estimate of drug-likeness (QED) is 0.500. The minimum absolute atomic E-state index is 0.222. The molecule has 1 aromatic heterocycles. The lowest BCUT2D eigenvalue weighted by molar-refractivity contribution is -0.385. The number of para-hydroxylation sites is 2. The molecule has 3 N–H and O–H groups in total. The maximum Gasteiger partial charge on any atom is 0.270 e. The Hall–Kier alpha value is -2.98. The Kier molecular flexibility index (Phi) is 4.62. The van der Waals surface area contributed by atoms with Crippen molar-refractivity contribution >= 4 is 32.4 Å². The van der Waals surface area contributed by atoms with Gasteiger partial charge in [-0.15, -0.1) is 0 Å². The first-order valence-corrected chi connectivity index (χ1v) is 9.29. The number of benzene rings is 2. The molecule has 0 aliphatic carbocycles. The molecule has 0 radical (unpaired) electrons. The molecule has 10 heteroatoms. The summed E-state index contributed by atoms with van der Waals surface area (Å²) in [7, 11) is -4.10. The normalized spacial score (nSPS) is 11.6. The predicted molar refractivity (Wildman–Crippen MR) is 97.4 cm³/mol. The third-order valence-corrected chi connectivity index (χ3v) is 4.93. The number of primary sulfonamides is 1. The highest BCUT2D eigenvalue weighted by Crippen LogP contribution is 2.25. The topological polar surface area (TPSA) is 133 Å². The van der Waals surface area contributed by atoms with E-state index in [-0.39, 0.29) is 16.3 Å². The Balaban J connectivity index is 1.83. The molecule has 0 atom stereocenters. The van der Waals surface area contributed by atoms with E-state index in [0.717, 1.165) is 22.9 Å². The van der Waals surface area contributed by atoms with Crippen LogP contribution in [0.15, 0.2) is 47.4 Å². The van der Waals surface area contributed by atoms with Gasteiger partial charge in [0.2, 0.25) is 10.0 Å². The average molecular weight is 375 g/mol. The maximum absolute atomic E-state index is 11.7. The van der Waals surface area contributed by atoms with Crippen molar-refractivity contribution in [3.8, 4) is 0 Å². The number of imidazole rings is 1. The standard InChI is InChI=1S/C16H17N5O4S/c1-11-19-13-4-2-3-5-15(13)20(11)9-8-18-14-7-6-12(21(22)23)10-16(14)26(17,24)25/h2-7,10,18H,8-9H2,1H3,(H2,17,24,25). The maximum atomic E-state index is 11.7. The number of hydrogen-bond donors (Lipinski definition) is 2. The highest BCUT2D eigenvalue weighted by atomic mass is 32.2. The van der Waals surface area contributed by atoms with Crippen molar-refractivity contribution in [3.05, 3.63) is 58.4 Å². The fraction of sp³-hybridized carbons (Fsp3) is 0.188. The third kappa shape index (κ3) is 3.51. The van der Waals surface area contributed by atoms with Crippen LogP contribution >= 0.6 is 0 Å². The van der Waals surface area contributed by atoms with Gasteiger partial charge in [0.05, 0.1) is 21.6 Å². The van der Waals surface area contributed by atoms with E-state index in [1.54, 1.807) is 0 Å². The monoisotopic (exact) mass is 375 g/mol. The number of rotatable bonds is 6. The van der Waals surface area contributed by atoms with Crippen molar-refractivity contribution in [1.29, 1.82) is 0 Å². The summed E-state index contributed by atoms with van der Waals surface area (Å²) in [6, 6.07) is 11.2. The highest BCUT2D eigenvalue weighted by molar-refractivity contribution is 7.89. The van der Waals surface area contributed by atoms with E-state index in [1.165, 1.54) is 12.1 Å². The highest BCUT2D eigenvalue weighted by Gasteiger charge is 2.19. The number of sulfonamides is 1. The summed E-state index contributed by atoms with van der Waals surface area (Å²) < 4.78 is 25.5. The molecule has 0 saturated carbocycles. The number of aromatic nitrogens is 2. The minimum Gasteiger partial charge on any atom is -0.382 e. The molecule has 26 heavy (non-hydrogen) atoms. The third-order valence-electron chi connectivity index (χ3n) is 3.98. The zero-order valence-corrected chi connectivity index (χ0v) is 14.7. The van der Waals surface area contributed by atoms with Gasteiger partial charge in [0.1, 0.15) is 10.7 Å². The number of anilines is 1. The van der Waals surface area contributed by atoms with Gasteiger partial charge in [-0.05, 0) is 25.1 Å². The molecule has 2 aromatic carbocycles. The molecule has 0 aliphatic heterocycles. The molecule has 9 nitrogen and oxygen atoms in total. The second-order valence-electron chi connectivity index (χ2n) is 5.71. The van der Waals surface area contributed by atoms with Crippen LogP contribution in [0.2, 0.25) is 0 Å². The molecule has 0 amide bonds. The molecule has 3 rings (SSSR count). The van der Waals surface area contributed by atoms with Gasteiger partial charge in [0.25, 0.3) is 5.69 Å². The van der Waals surface area contributed by atoms with Crippen molar-refractivity contribution in [1.82, 2.24) is 9.55 Å². The van der Waals surface area contributed by atoms with E-state index in [2.05, 4.69) is 10.3 Å². The molecule has 0 unspecified atom stereocenters. The van der Waals surface area contributed by atoms with Crippen LogP contribution in [0.4, 0.5) is 11.4 Å². The fourth-order valence-electron chi connectivity index (χ4n) is 2.79. The molecule has 0 fully saturated rings. The molecule has 3 aromatic rings. The van der Waals surface area contributed by atoms with Gasteiger partial charge in [-0.1, -0.05) is 12.1 Å². The number of nitrogens with one attached hydrogen (secondary N) is 1. The summed E-state index contributed by atoms with van der Waals surface area (Å²) in [5.41, 5.74) is 1.74. The van der Waals surface area contributed by atoms with Gasteiger partial charge in [0, 0.05) is 25.2 Å². The first kappa shape index (κ1) is 17.8. The van der Waals surface area contributed by atoms with Crippen LogP contribution in [0.5, 0.6) is 0 Å². The first-order valence-electron chi connectivity index (χ1n) is 7.74. The summed E-state index contributed by atoms with van der Waals surface area (Å²) in [5.74, 6) is 0.836. The van der Waals surface area contributed by atoms with Gasteiger partial charge >= 0.3 is 0 Å².